The molecule has 10 nitrogen and oxygen atoms in total. The second kappa shape index (κ2) is 9.76. The van der Waals surface area contributed by atoms with Crippen molar-refractivity contribution in [3.05, 3.63) is 58.6 Å². The molecule has 0 heterocycles. The van der Waals surface area contributed by atoms with Crippen LogP contribution in [0.1, 0.15) is 6.92 Å². The predicted octanol–water partition coefficient (Wildman–Crippen LogP) is 1.60. The lowest BCUT2D eigenvalue weighted by Crippen LogP contribution is -2.48. The summed E-state index contributed by atoms with van der Waals surface area (Å²) in [5, 5.41) is 10.6. The fourth-order valence-electron chi connectivity index (χ4n) is 2.04. The molecule has 2 aromatic rings. The molecule has 0 fully saturated rings. The molecule has 0 radical (unpaired) electrons. The number of para-hydroxylation sites is 2. The van der Waals surface area contributed by atoms with Crippen molar-refractivity contribution >= 4 is 17.5 Å². The van der Waals surface area contributed by atoms with Gasteiger partial charge in [-0.1, -0.05) is 12.1 Å². The molecule has 0 unspecified atom stereocenters. The van der Waals surface area contributed by atoms with Crippen molar-refractivity contribution in [1.82, 2.24) is 10.9 Å². The van der Waals surface area contributed by atoms with Crippen LogP contribution in [-0.4, -0.2) is 36.6 Å². The monoisotopic (exact) mass is 389 g/mol. The SMILES string of the molecule is COc1ccccc1O[C@H](C)C(=O)NNC(=O)COc1ccc([N+](=O)[O-])cc1. The largest absolute Gasteiger partial charge is 0.493 e. The lowest BCUT2D eigenvalue weighted by Gasteiger charge is -2.16. The number of non-ortho nitro benzene ring substituents is 1. The molecule has 2 rings (SSSR count). The Morgan fingerprint density at radius 3 is 2.32 bits per heavy atom. The third kappa shape index (κ3) is 5.87. The zero-order valence-corrected chi connectivity index (χ0v) is 15.2. The fourth-order valence-corrected chi connectivity index (χ4v) is 2.04. The second-order valence-electron chi connectivity index (χ2n) is 5.49. The lowest BCUT2D eigenvalue weighted by atomic mass is 10.3. The van der Waals surface area contributed by atoms with Crippen LogP contribution >= 0.6 is 0 Å². The van der Waals surface area contributed by atoms with Crippen LogP contribution in [0.5, 0.6) is 17.2 Å². The number of hydrogen-bond acceptors (Lipinski definition) is 7. The van der Waals surface area contributed by atoms with Gasteiger partial charge in [0.1, 0.15) is 5.75 Å². The molecule has 0 saturated heterocycles. The van der Waals surface area contributed by atoms with E-state index in [1.165, 1.54) is 38.3 Å². The van der Waals surface area contributed by atoms with Gasteiger partial charge in [0.05, 0.1) is 12.0 Å². The number of hydrazine groups is 1. The number of hydrogen-bond donors (Lipinski definition) is 2. The van der Waals surface area contributed by atoms with Gasteiger partial charge in [0.2, 0.25) is 0 Å². The third-order valence-electron chi connectivity index (χ3n) is 3.48. The van der Waals surface area contributed by atoms with Crippen molar-refractivity contribution in [1.29, 1.82) is 0 Å². The molecular weight excluding hydrogens is 370 g/mol. The number of benzene rings is 2. The molecule has 2 aromatic carbocycles. The molecule has 2 amide bonds. The van der Waals surface area contributed by atoms with E-state index in [4.69, 9.17) is 14.2 Å². The normalized spacial score (nSPS) is 11.1. The molecule has 2 N–H and O–H groups in total. The first-order valence-corrected chi connectivity index (χ1v) is 8.16. The Hall–Kier alpha value is -3.82. The number of ether oxygens (including phenoxy) is 3. The lowest BCUT2D eigenvalue weighted by molar-refractivity contribution is -0.384. The van der Waals surface area contributed by atoms with Gasteiger partial charge in [-0.25, -0.2) is 0 Å². The molecular formula is C18H19N3O7. The molecule has 148 valence electrons. The van der Waals surface area contributed by atoms with Gasteiger partial charge < -0.3 is 14.2 Å². The van der Waals surface area contributed by atoms with Gasteiger partial charge in [-0.15, -0.1) is 0 Å². The first-order valence-electron chi connectivity index (χ1n) is 8.16. The molecule has 0 aliphatic heterocycles. The Balaban J connectivity index is 1.76. The van der Waals surface area contributed by atoms with Crippen molar-refractivity contribution in [2.45, 2.75) is 13.0 Å². The Bertz CT molecular complexity index is 839. The number of rotatable bonds is 8. The molecule has 0 saturated carbocycles. The van der Waals surface area contributed by atoms with Crippen molar-refractivity contribution in [2.75, 3.05) is 13.7 Å². The first-order chi connectivity index (χ1) is 13.4. The van der Waals surface area contributed by atoms with Gasteiger partial charge in [-0.3, -0.25) is 30.6 Å². The summed E-state index contributed by atoms with van der Waals surface area (Å²) in [6.07, 6.45) is -0.896. The smallest absolute Gasteiger partial charge is 0.279 e. The van der Waals surface area contributed by atoms with Crippen molar-refractivity contribution in [3.8, 4) is 17.2 Å². The summed E-state index contributed by atoms with van der Waals surface area (Å²) in [4.78, 5) is 33.8. The highest BCUT2D eigenvalue weighted by Gasteiger charge is 2.17. The van der Waals surface area contributed by atoms with Gasteiger partial charge in [0.25, 0.3) is 17.5 Å². The van der Waals surface area contributed by atoms with Crippen LogP contribution in [0.3, 0.4) is 0 Å². The Morgan fingerprint density at radius 1 is 1.07 bits per heavy atom. The predicted molar refractivity (Wildman–Crippen MR) is 98.0 cm³/mol. The number of nitrogens with zero attached hydrogens (tertiary/aromatic N) is 1. The summed E-state index contributed by atoms with van der Waals surface area (Å²) >= 11 is 0. The summed E-state index contributed by atoms with van der Waals surface area (Å²) in [6, 6.07) is 12.1. The number of amides is 2. The molecule has 0 aliphatic rings. The van der Waals surface area contributed by atoms with Gasteiger partial charge in [0.15, 0.2) is 24.2 Å². The third-order valence-corrected chi connectivity index (χ3v) is 3.48. The average molecular weight is 389 g/mol. The minimum Gasteiger partial charge on any atom is -0.493 e. The zero-order valence-electron chi connectivity index (χ0n) is 15.2. The van der Waals surface area contributed by atoms with Crippen molar-refractivity contribution in [3.63, 3.8) is 0 Å². The van der Waals surface area contributed by atoms with Gasteiger partial charge >= 0.3 is 0 Å². The molecule has 0 aliphatic carbocycles. The van der Waals surface area contributed by atoms with E-state index in [1.807, 2.05) is 0 Å². The topological polar surface area (TPSA) is 129 Å². The maximum absolute atomic E-state index is 12.0. The van der Waals surface area contributed by atoms with E-state index in [2.05, 4.69) is 10.9 Å². The van der Waals surface area contributed by atoms with Gasteiger partial charge in [-0.05, 0) is 31.2 Å². The van der Waals surface area contributed by atoms with E-state index in [-0.39, 0.29) is 18.0 Å². The number of nitro groups is 1. The summed E-state index contributed by atoms with van der Waals surface area (Å²) in [7, 11) is 1.48. The Kier molecular flexibility index (Phi) is 7.14. The molecule has 0 aromatic heterocycles. The van der Waals surface area contributed by atoms with E-state index in [0.717, 1.165) is 0 Å². The van der Waals surface area contributed by atoms with Crippen LogP contribution < -0.4 is 25.1 Å². The Labute approximate surface area is 160 Å². The van der Waals surface area contributed by atoms with E-state index in [0.29, 0.717) is 11.5 Å². The summed E-state index contributed by atoms with van der Waals surface area (Å²) in [5.74, 6) is -0.0473. The number of nitro benzene ring substituents is 1. The second-order valence-corrected chi connectivity index (χ2v) is 5.49. The van der Waals surface area contributed by atoms with Gasteiger partial charge in [-0.2, -0.15) is 0 Å². The number of methoxy groups -OCH3 is 1. The van der Waals surface area contributed by atoms with E-state index >= 15 is 0 Å². The minimum atomic E-state index is -0.896. The quantitative estimate of drug-likeness (QED) is 0.518. The summed E-state index contributed by atoms with van der Waals surface area (Å²) in [6.45, 7) is 1.13. The van der Waals surface area contributed by atoms with E-state index in [1.54, 1.807) is 24.3 Å². The number of nitrogens with one attached hydrogen (secondary N) is 2. The van der Waals surface area contributed by atoms with Crippen molar-refractivity contribution < 1.29 is 28.7 Å². The van der Waals surface area contributed by atoms with Crippen LogP contribution in [0.2, 0.25) is 0 Å². The molecule has 28 heavy (non-hydrogen) atoms. The van der Waals surface area contributed by atoms with Gasteiger partial charge in [0, 0.05) is 12.1 Å². The van der Waals surface area contributed by atoms with Crippen LogP contribution in [0.4, 0.5) is 5.69 Å². The van der Waals surface area contributed by atoms with E-state index in [9.17, 15) is 19.7 Å². The highest BCUT2D eigenvalue weighted by Crippen LogP contribution is 2.26. The van der Waals surface area contributed by atoms with Crippen LogP contribution in [0.15, 0.2) is 48.5 Å². The first kappa shape index (κ1) is 20.5. The highest BCUT2D eigenvalue weighted by molar-refractivity contribution is 5.85. The average Bonchev–Trinajstić information content (AvgIpc) is 2.71. The van der Waals surface area contributed by atoms with Crippen LogP contribution in [0, 0.1) is 10.1 Å². The van der Waals surface area contributed by atoms with Crippen molar-refractivity contribution in [2.24, 2.45) is 0 Å². The standard InChI is InChI=1S/C18H19N3O7/c1-12(28-16-6-4-3-5-15(16)26-2)18(23)20-19-17(22)11-27-14-9-7-13(8-10-14)21(24)25/h3-10,12H,11H2,1-2H3,(H,19,22)(H,20,23)/t12-/m1/s1. The molecule has 0 bridgehead atoms. The minimum absolute atomic E-state index is 0.0897. The maximum Gasteiger partial charge on any atom is 0.279 e. The maximum atomic E-state index is 12.0. The fraction of sp³-hybridized carbons (Fsp3) is 0.222. The van der Waals surface area contributed by atoms with E-state index < -0.39 is 22.8 Å². The molecule has 0 spiro atoms. The highest BCUT2D eigenvalue weighted by atomic mass is 16.6. The summed E-state index contributed by atoms with van der Waals surface area (Å²) in [5.41, 5.74) is 4.33. The molecule has 10 heteroatoms. The van der Waals surface area contributed by atoms with Crippen LogP contribution in [0.25, 0.3) is 0 Å². The molecule has 1 atom stereocenters. The number of carbonyl (C=O) groups is 2. The number of carbonyl (C=O) groups excluding carboxylic acids is 2. The zero-order chi connectivity index (χ0) is 20.5. The summed E-state index contributed by atoms with van der Waals surface area (Å²) < 4.78 is 15.8. The van der Waals surface area contributed by atoms with Crippen LogP contribution in [-0.2, 0) is 9.59 Å². The Morgan fingerprint density at radius 2 is 1.71 bits per heavy atom.